The fourth-order valence-corrected chi connectivity index (χ4v) is 3.61. The van der Waals surface area contributed by atoms with Gasteiger partial charge in [-0.2, -0.15) is 13.9 Å². The Balaban J connectivity index is 1.60. The van der Waals surface area contributed by atoms with Gasteiger partial charge in [-0.3, -0.25) is 9.58 Å². The Morgan fingerprint density at radius 1 is 1.28 bits per heavy atom. The molecule has 0 atom stereocenters. The van der Waals surface area contributed by atoms with Crippen molar-refractivity contribution in [2.24, 2.45) is 7.05 Å². The van der Waals surface area contributed by atoms with Crippen molar-refractivity contribution in [1.29, 1.82) is 0 Å². The third-order valence-electron chi connectivity index (χ3n) is 4.87. The molecule has 0 radical (unpaired) electrons. The van der Waals surface area contributed by atoms with Crippen molar-refractivity contribution in [3.05, 3.63) is 40.7 Å². The smallest absolute Gasteiger partial charge is 0.387 e. The molecule has 2 heterocycles. The lowest BCUT2D eigenvalue weighted by Gasteiger charge is -2.23. The second-order valence-corrected chi connectivity index (χ2v) is 7.26. The molecular formula is C19H24ClF2N5O2. The Hall–Kier alpha value is -2.39. The maximum atomic E-state index is 12.7. The first-order valence-electron chi connectivity index (χ1n) is 9.35. The zero-order chi connectivity index (χ0) is 21.0. The zero-order valence-electron chi connectivity index (χ0n) is 16.4. The van der Waals surface area contributed by atoms with Crippen molar-refractivity contribution in [2.75, 3.05) is 31.5 Å². The summed E-state index contributed by atoms with van der Waals surface area (Å²) in [7, 11) is 1.81. The zero-order valence-corrected chi connectivity index (χ0v) is 17.1. The summed E-state index contributed by atoms with van der Waals surface area (Å²) < 4.78 is 31.2. The average molecular weight is 428 g/mol. The molecule has 1 aromatic heterocycles. The van der Waals surface area contributed by atoms with Crippen LogP contribution in [0.15, 0.2) is 24.3 Å². The summed E-state index contributed by atoms with van der Waals surface area (Å²) >= 11 is 6.33. The minimum absolute atomic E-state index is 0.0611. The van der Waals surface area contributed by atoms with Crippen LogP contribution in [0.4, 0.5) is 19.3 Å². The van der Waals surface area contributed by atoms with Crippen molar-refractivity contribution in [1.82, 2.24) is 19.6 Å². The number of amides is 2. The van der Waals surface area contributed by atoms with Gasteiger partial charge in [0.25, 0.3) is 0 Å². The summed E-state index contributed by atoms with van der Waals surface area (Å²) in [6.45, 7) is 2.21. The van der Waals surface area contributed by atoms with Crippen molar-refractivity contribution < 1.29 is 18.3 Å². The molecule has 158 valence electrons. The summed E-state index contributed by atoms with van der Waals surface area (Å²) in [6, 6.07) is 5.81. The number of nitrogens with zero attached hydrogens (tertiary/aromatic N) is 4. The van der Waals surface area contributed by atoms with Gasteiger partial charge in [-0.15, -0.1) is 0 Å². The number of hydrogen-bond acceptors (Lipinski definition) is 4. The van der Waals surface area contributed by atoms with E-state index in [0.717, 1.165) is 24.2 Å². The minimum Gasteiger partial charge on any atom is -0.433 e. The molecule has 1 aliphatic rings. The number of anilines is 1. The lowest BCUT2D eigenvalue weighted by atomic mass is 10.2. The van der Waals surface area contributed by atoms with Crippen LogP contribution in [0, 0.1) is 6.92 Å². The molecule has 1 N–H and O–H groups in total. The van der Waals surface area contributed by atoms with Crippen LogP contribution in [0.2, 0.25) is 5.15 Å². The standard InChI is InChI=1S/C19H24ClF2N5O2/c1-13-14(17(20)25(2)24-13)12-26-8-5-9-27(11-10-26)19(28)23-15-6-3-4-7-16(15)29-18(21)22/h3-4,6-7,18H,5,8-12H2,1-2H3,(H,23,28). The van der Waals surface area contributed by atoms with E-state index in [1.54, 1.807) is 21.7 Å². The van der Waals surface area contributed by atoms with Gasteiger partial charge >= 0.3 is 12.6 Å². The second kappa shape index (κ2) is 9.41. The number of benzene rings is 1. The molecule has 7 nitrogen and oxygen atoms in total. The second-order valence-electron chi connectivity index (χ2n) is 6.90. The molecule has 2 amide bonds. The van der Waals surface area contributed by atoms with Crippen LogP contribution in [0.1, 0.15) is 17.7 Å². The number of ether oxygens (including phenoxy) is 1. The van der Waals surface area contributed by atoms with E-state index >= 15 is 0 Å². The van der Waals surface area contributed by atoms with Crippen LogP contribution in [-0.2, 0) is 13.6 Å². The normalized spacial score (nSPS) is 15.4. The molecule has 10 heteroatoms. The maximum absolute atomic E-state index is 12.7. The quantitative estimate of drug-likeness (QED) is 0.789. The molecule has 2 aromatic rings. The van der Waals surface area contributed by atoms with Gasteiger partial charge in [-0.25, -0.2) is 4.79 Å². The molecule has 0 aliphatic carbocycles. The number of alkyl halides is 2. The lowest BCUT2D eigenvalue weighted by Crippen LogP contribution is -2.38. The molecular weight excluding hydrogens is 404 g/mol. The van der Waals surface area contributed by atoms with E-state index in [9.17, 15) is 13.6 Å². The third kappa shape index (κ3) is 5.36. The van der Waals surface area contributed by atoms with Crippen molar-refractivity contribution >= 4 is 23.3 Å². The Bertz CT molecular complexity index is 861. The fraction of sp³-hybridized carbons (Fsp3) is 0.474. The van der Waals surface area contributed by atoms with Crippen molar-refractivity contribution in [3.63, 3.8) is 0 Å². The molecule has 0 saturated carbocycles. The summed E-state index contributed by atoms with van der Waals surface area (Å²) in [5.74, 6) is -0.0611. The molecule has 0 spiro atoms. The van der Waals surface area contributed by atoms with E-state index in [2.05, 4.69) is 20.1 Å². The van der Waals surface area contributed by atoms with E-state index in [0.29, 0.717) is 31.3 Å². The van der Waals surface area contributed by atoms with Gasteiger partial charge in [0.2, 0.25) is 0 Å². The van der Waals surface area contributed by atoms with Gasteiger partial charge in [-0.05, 0) is 25.5 Å². The molecule has 3 rings (SSSR count). The van der Waals surface area contributed by atoms with Crippen LogP contribution < -0.4 is 10.1 Å². The van der Waals surface area contributed by atoms with Gasteiger partial charge in [-0.1, -0.05) is 23.7 Å². The molecule has 1 saturated heterocycles. The van der Waals surface area contributed by atoms with Crippen molar-refractivity contribution in [2.45, 2.75) is 26.5 Å². The monoisotopic (exact) mass is 427 g/mol. The van der Waals surface area contributed by atoms with Crippen LogP contribution in [-0.4, -0.2) is 58.4 Å². The number of carbonyl (C=O) groups is 1. The first-order chi connectivity index (χ1) is 13.8. The summed E-state index contributed by atoms with van der Waals surface area (Å²) in [4.78, 5) is 16.6. The number of aromatic nitrogens is 2. The topological polar surface area (TPSA) is 62.6 Å². The number of para-hydroxylation sites is 2. The predicted octanol–water partition coefficient (Wildman–Crippen LogP) is 3.72. The summed E-state index contributed by atoms with van der Waals surface area (Å²) in [6.07, 6.45) is 0.791. The van der Waals surface area contributed by atoms with E-state index in [-0.39, 0.29) is 17.5 Å². The number of nitrogens with one attached hydrogen (secondary N) is 1. The van der Waals surface area contributed by atoms with Gasteiger partial charge in [0, 0.05) is 45.3 Å². The molecule has 0 bridgehead atoms. The maximum Gasteiger partial charge on any atom is 0.387 e. The number of aryl methyl sites for hydroxylation is 2. The van der Waals surface area contributed by atoms with E-state index < -0.39 is 6.61 Å². The number of hydrogen-bond donors (Lipinski definition) is 1. The van der Waals surface area contributed by atoms with Gasteiger partial charge in [0.15, 0.2) is 0 Å². The Morgan fingerprint density at radius 2 is 2.03 bits per heavy atom. The molecule has 1 aliphatic heterocycles. The first kappa shape index (κ1) is 21.3. The van der Waals surface area contributed by atoms with Crippen LogP contribution in [0.3, 0.4) is 0 Å². The minimum atomic E-state index is -2.96. The van der Waals surface area contributed by atoms with Gasteiger partial charge in [0.1, 0.15) is 10.9 Å². The highest BCUT2D eigenvalue weighted by molar-refractivity contribution is 6.30. The largest absolute Gasteiger partial charge is 0.433 e. The molecule has 0 unspecified atom stereocenters. The Labute approximate surface area is 173 Å². The van der Waals surface area contributed by atoms with Crippen LogP contribution in [0.25, 0.3) is 0 Å². The third-order valence-corrected chi connectivity index (χ3v) is 5.34. The van der Waals surface area contributed by atoms with Crippen molar-refractivity contribution in [3.8, 4) is 5.75 Å². The fourth-order valence-electron chi connectivity index (χ4n) is 3.37. The molecule has 29 heavy (non-hydrogen) atoms. The molecule has 1 fully saturated rings. The SMILES string of the molecule is Cc1nn(C)c(Cl)c1CN1CCCN(C(=O)Nc2ccccc2OC(F)F)CC1. The van der Waals surface area contributed by atoms with E-state index in [4.69, 9.17) is 11.6 Å². The Kier molecular flexibility index (Phi) is 6.92. The highest BCUT2D eigenvalue weighted by Gasteiger charge is 2.22. The van der Waals surface area contributed by atoms with Crippen LogP contribution >= 0.6 is 11.6 Å². The number of carbonyl (C=O) groups excluding carboxylic acids is 1. The molecule has 1 aromatic carbocycles. The first-order valence-corrected chi connectivity index (χ1v) is 9.73. The van der Waals surface area contributed by atoms with Gasteiger partial charge in [0.05, 0.1) is 11.4 Å². The van der Waals surface area contributed by atoms with Crippen LogP contribution in [0.5, 0.6) is 5.75 Å². The van der Waals surface area contributed by atoms with E-state index in [1.165, 1.54) is 12.1 Å². The summed E-state index contributed by atoms with van der Waals surface area (Å²) in [5, 5.41) is 7.63. The summed E-state index contributed by atoms with van der Waals surface area (Å²) in [5.41, 5.74) is 2.11. The number of halogens is 3. The highest BCUT2D eigenvalue weighted by Crippen LogP contribution is 2.26. The van der Waals surface area contributed by atoms with E-state index in [1.807, 2.05) is 14.0 Å². The average Bonchev–Trinajstić information content (AvgIpc) is 2.84. The lowest BCUT2D eigenvalue weighted by molar-refractivity contribution is -0.0493. The number of rotatable bonds is 5. The van der Waals surface area contributed by atoms with Gasteiger partial charge < -0.3 is 15.0 Å². The highest BCUT2D eigenvalue weighted by atomic mass is 35.5. The Morgan fingerprint density at radius 3 is 2.72 bits per heavy atom. The predicted molar refractivity (Wildman–Crippen MR) is 107 cm³/mol. The number of urea groups is 1.